The van der Waals surface area contributed by atoms with Gasteiger partial charge in [0.2, 0.25) is 10.0 Å². The maximum atomic E-state index is 11.5. The second-order valence-corrected chi connectivity index (χ2v) is 5.52. The maximum Gasteiger partial charge on any atom is 0.307 e. The summed E-state index contributed by atoms with van der Waals surface area (Å²) in [4.78, 5) is 11.2. The van der Waals surface area contributed by atoms with Gasteiger partial charge in [0.25, 0.3) is 0 Å². The molecule has 1 aromatic rings. The van der Waals surface area contributed by atoms with Gasteiger partial charge in [-0.15, -0.1) is 0 Å². The number of carbonyl (C=O) groups is 1. The quantitative estimate of drug-likeness (QED) is 0.811. The Morgan fingerprint density at radius 1 is 1.47 bits per heavy atom. The van der Waals surface area contributed by atoms with Crippen LogP contribution in [0.15, 0.2) is 24.3 Å². The minimum atomic E-state index is -3.84. The van der Waals surface area contributed by atoms with Crippen LogP contribution >= 0.6 is 0 Å². The van der Waals surface area contributed by atoms with Crippen molar-refractivity contribution >= 4 is 16.0 Å². The number of esters is 1. The molecule has 0 saturated carbocycles. The van der Waals surface area contributed by atoms with E-state index >= 15 is 0 Å². The van der Waals surface area contributed by atoms with E-state index in [0.717, 1.165) is 5.56 Å². The molecule has 94 valence electrons. The maximum absolute atomic E-state index is 11.5. The van der Waals surface area contributed by atoms with Gasteiger partial charge in [0.1, 0.15) is 5.25 Å². The lowest BCUT2D eigenvalue weighted by Crippen LogP contribution is -2.24. The number of benzene rings is 1. The summed E-state index contributed by atoms with van der Waals surface area (Å²) < 4.78 is 27.4. The fourth-order valence-corrected chi connectivity index (χ4v) is 2.42. The largest absolute Gasteiger partial charge is 0.469 e. The van der Waals surface area contributed by atoms with E-state index in [1.165, 1.54) is 7.11 Å². The first-order valence-corrected chi connectivity index (χ1v) is 6.60. The van der Waals surface area contributed by atoms with Crippen molar-refractivity contribution in [2.24, 2.45) is 5.14 Å². The topological polar surface area (TPSA) is 86.5 Å². The molecule has 5 nitrogen and oxygen atoms in total. The van der Waals surface area contributed by atoms with Crippen LogP contribution in [0, 0.1) is 6.92 Å². The van der Waals surface area contributed by atoms with Crippen LogP contribution in [-0.4, -0.2) is 21.5 Å². The molecule has 0 fully saturated rings. The van der Waals surface area contributed by atoms with Crippen molar-refractivity contribution in [3.8, 4) is 0 Å². The summed E-state index contributed by atoms with van der Waals surface area (Å²) in [6, 6.07) is 6.88. The predicted molar refractivity (Wildman–Crippen MR) is 63.7 cm³/mol. The van der Waals surface area contributed by atoms with E-state index in [1.807, 2.05) is 13.0 Å². The molecule has 1 aromatic carbocycles. The number of hydrogen-bond donors (Lipinski definition) is 1. The lowest BCUT2D eigenvalue weighted by atomic mass is 10.1. The van der Waals surface area contributed by atoms with E-state index in [4.69, 9.17) is 5.14 Å². The van der Waals surface area contributed by atoms with Crippen molar-refractivity contribution in [3.63, 3.8) is 0 Å². The summed E-state index contributed by atoms with van der Waals surface area (Å²) >= 11 is 0. The Hall–Kier alpha value is -1.40. The highest BCUT2D eigenvalue weighted by atomic mass is 32.2. The average molecular weight is 257 g/mol. The van der Waals surface area contributed by atoms with Crippen LogP contribution in [-0.2, 0) is 19.6 Å². The molecule has 0 aliphatic rings. The molecule has 17 heavy (non-hydrogen) atoms. The van der Waals surface area contributed by atoms with Crippen LogP contribution in [0.2, 0.25) is 0 Å². The molecule has 0 aromatic heterocycles. The van der Waals surface area contributed by atoms with E-state index in [9.17, 15) is 13.2 Å². The molecule has 0 spiro atoms. The smallest absolute Gasteiger partial charge is 0.307 e. The van der Waals surface area contributed by atoms with Crippen LogP contribution < -0.4 is 5.14 Å². The summed E-state index contributed by atoms with van der Waals surface area (Å²) in [6.45, 7) is 1.84. The molecule has 0 radical (unpaired) electrons. The van der Waals surface area contributed by atoms with Gasteiger partial charge in [-0.2, -0.15) is 0 Å². The Labute approximate surface area is 101 Å². The fraction of sp³-hybridized carbons (Fsp3) is 0.364. The molecular formula is C11H15NO4S. The molecule has 2 N–H and O–H groups in total. The zero-order chi connectivity index (χ0) is 13.1. The van der Waals surface area contributed by atoms with Crippen molar-refractivity contribution in [3.05, 3.63) is 35.4 Å². The lowest BCUT2D eigenvalue weighted by Gasteiger charge is -2.14. The summed E-state index contributed by atoms with van der Waals surface area (Å²) in [5.41, 5.74) is 1.40. The normalized spacial score (nSPS) is 13.1. The number of rotatable bonds is 4. The molecule has 0 aliphatic heterocycles. The SMILES string of the molecule is COC(=O)CC(c1cccc(C)c1)S(N)(=O)=O. The van der Waals surface area contributed by atoms with Crippen LogP contribution in [0.5, 0.6) is 0 Å². The van der Waals surface area contributed by atoms with Crippen molar-refractivity contribution in [1.82, 2.24) is 0 Å². The number of aryl methyl sites for hydroxylation is 1. The highest BCUT2D eigenvalue weighted by Gasteiger charge is 2.27. The van der Waals surface area contributed by atoms with Gasteiger partial charge in [-0.3, -0.25) is 4.79 Å². The van der Waals surface area contributed by atoms with Gasteiger partial charge in [-0.05, 0) is 12.5 Å². The molecule has 0 aliphatic carbocycles. The Bertz CT molecular complexity index is 510. The van der Waals surface area contributed by atoms with Crippen molar-refractivity contribution in [2.75, 3.05) is 7.11 Å². The molecule has 0 bridgehead atoms. The zero-order valence-electron chi connectivity index (χ0n) is 9.71. The van der Waals surface area contributed by atoms with Gasteiger partial charge >= 0.3 is 5.97 Å². The Kier molecular flexibility index (Phi) is 4.25. The standard InChI is InChI=1S/C11H15NO4S/c1-8-4-3-5-9(6-8)10(17(12,14)15)7-11(13)16-2/h3-6,10H,7H2,1-2H3,(H2,12,14,15). The van der Waals surface area contributed by atoms with Crippen molar-refractivity contribution in [2.45, 2.75) is 18.6 Å². The number of methoxy groups -OCH3 is 1. The molecule has 1 rings (SSSR count). The zero-order valence-corrected chi connectivity index (χ0v) is 10.5. The fourth-order valence-electron chi connectivity index (χ4n) is 1.53. The number of carbonyl (C=O) groups excluding carboxylic acids is 1. The van der Waals surface area contributed by atoms with Crippen molar-refractivity contribution < 1.29 is 17.9 Å². The first kappa shape index (κ1) is 13.7. The summed E-state index contributed by atoms with van der Waals surface area (Å²) in [7, 11) is -2.63. The summed E-state index contributed by atoms with van der Waals surface area (Å²) in [5.74, 6) is -0.606. The summed E-state index contributed by atoms with van der Waals surface area (Å²) in [6.07, 6.45) is -0.279. The third kappa shape index (κ3) is 3.83. The molecular weight excluding hydrogens is 242 g/mol. The van der Waals surface area contributed by atoms with E-state index in [1.54, 1.807) is 18.2 Å². The van der Waals surface area contributed by atoms with Crippen molar-refractivity contribution in [1.29, 1.82) is 0 Å². The second-order valence-electron chi connectivity index (χ2n) is 3.77. The van der Waals surface area contributed by atoms with Gasteiger partial charge in [0.05, 0.1) is 13.5 Å². The van der Waals surface area contributed by atoms with Crippen LogP contribution in [0.1, 0.15) is 22.8 Å². The van der Waals surface area contributed by atoms with E-state index in [-0.39, 0.29) is 6.42 Å². The monoisotopic (exact) mass is 257 g/mol. The number of sulfonamides is 1. The van der Waals surface area contributed by atoms with Gasteiger partial charge in [0.15, 0.2) is 0 Å². The molecule has 1 atom stereocenters. The molecule has 0 amide bonds. The van der Waals surface area contributed by atoms with E-state index < -0.39 is 21.2 Å². The Morgan fingerprint density at radius 3 is 2.59 bits per heavy atom. The molecule has 1 unspecified atom stereocenters. The predicted octanol–water partition coefficient (Wildman–Crippen LogP) is 0.888. The van der Waals surface area contributed by atoms with Gasteiger partial charge in [-0.1, -0.05) is 29.8 Å². The lowest BCUT2D eigenvalue weighted by molar-refractivity contribution is -0.140. The van der Waals surface area contributed by atoms with Gasteiger partial charge in [0, 0.05) is 0 Å². The molecule has 0 saturated heterocycles. The Balaban J connectivity index is 3.12. The minimum Gasteiger partial charge on any atom is -0.469 e. The third-order valence-corrected chi connectivity index (χ3v) is 3.62. The first-order chi connectivity index (χ1) is 7.84. The van der Waals surface area contributed by atoms with E-state index in [2.05, 4.69) is 4.74 Å². The molecule has 0 heterocycles. The van der Waals surface area contributed by atoms with Crippen LogP contribution in [0.3, 0.4) is 0 Å². The number of nitrogens with two attached hydrogens (primary N) is 1. The van der Waals surface area contributed by atoms with Gasteiger partial charge in [-0.25, -0.2) is 13.6 Å². The summed E-state index contributed by atoms with van der Waals surface area (Å²) in [5, 5.41) is 4.07. The highest BCUT2D eigenvalue weighted by molar-refractivity contribution is 7.89. The Morgan fingerprint density at radius 2 is 2.12 bits per heavy atom. The van der Waals surface area contributed by atoms with Crippen LogP contribution in [0.4, 0.5) is 0 Å². The highest BCUT2D eigenvalue weighted by Crippen LogP contribution is 2.25. The second kappa shape index (κ2) is 5.29. The average Bonchev–Trinajstić information content (AvgIpc) is 2.23. The number of hydrogen-bond acceptors (Lipinski definition) is 4. The first-order valence-electron chi connectivity index (χ1n) is 4.99. The number of primary sulfonamides is 1. The molecule has 6 heteroatoms. The van der Waals surface area contributed by atoms with E-state index in [0.29, 0.717) is 5.56 Å². The van der Waals surface area contributed by atoms with Crippen LogP contribution in [0.25, 0.3) is 0 Å². The minimum absolute atomic E-state index is 0.279. The number of ether oxygens (including phenoxy) is 1. The third-order valence-electron chi connectivity index (χ3n) is 2.39. The van der Waals surface area contributed by atoms with Gasteiger partial charge < -0.3 is 4.74 Å².